The van der Waals surface area contributed by atoms with Crippen LogP contribution in [0.1, 0.15) is 15.9 Å². The summed E-state index contributed by atoms with van der Waals surface area (Å²) in [4.78, 5) is 15.0. The number of methoxy groups -OCH3 is 1. The standard InChI is InChI=1S/C14H12BrNO4/c1-19-13-4-9(2-3-12(13)14(17)18)8-20-11-5-10(15)6-16-7-11/h2-7H,8H2,1H3,(H,17,18). The van der Waals surface area contributed by atoms with Gasteiger partial charge in [-0.3, -0.25) is 4.98 Å². The summed E-state index contributed by atoms with van der Waals surface area (Å²) in [6.07, 6.45) is 3.27. The SMILES string of the molecule is COc1cc(COc2cncc(Br)c2)ccc1C(=O)O. The molecule has 20 heavy (non-hydrogen) atoms. The Morgan fingerprint density at radius 1 is 1.35 bits per heavy atom. The van der Waals surface area contributed by atoms with E-state index >= 15 is 0 Å². The predicted molar refractivity (Wildman–Crippen MR) is 76.2 cm³/mol. The van der Waals surface area contributed by atoms with Crippen molar-refractivity contribution in [3.63, 3.8) is 0 Å². The molecule has 0 saturated heterocycles. The molecule has 2 aromatic rings. The number of carboxylic acid groups (broad SMARTS) is 1. The fourth-order valence-corrected chi connectivity index (χ4v) is 1.98. The van der Waals surface area contributed by atoms with E-state index in [0.29, 0.717) is 18.1 Å². The first kappa shape index (κ1) is 14.3. The number of nitrogens with zero attached hydrogens (tertiary/aromatic N) is 1. The molecule has 0 spiro atoms. The molecule has 0 aliphatic carbocycles. The minimum atomic E-state index is -1.02. The second kappa shape index (κ2) is 6.38. The molecule has 0 fully saturated rings. The van der Waals surface area contributed by atoms with Gasteiger partial charge >= 0.3 is 5.97 Å². The number of pyridine rings is 1. The summed E-state index contributed by atoms with van der Waals surface area (Å²) in [5.41, 5.74) is 0.937. The van der Waals surface area contributed by atoms with Gasteiger partial charge in [0.2, 0.25) is 0 Å². The van der Waals surface area contributed by atoms with Crippen molar-refractivity contribution in [1.82, 2.24) is 4.98 Å². The Hall–Kier alpha value is -2.08. The predicted octanol–water partition coefficient (Wildman–Crippen LogP) is 3.13. The highest BCUT2D eigenvalue weighted by Crippen LogP contribution is 2.22. The fraction of sp³-hybridized carbons (Fsp3) is 0.143. The highest BCUT2D eigenvalue weighted by atomic mass is 79.9. The lowest BCUT2D eigenvalue weighted by Gasteiger charge is -2.09. The molecule has 0 bridgehead atoms. The molecule has 0 amide bonds. The lowest BCUT2D eigenvalue weighted by Crippen LogP contribution is -2.02. The van der Waals surface area contributed by atoms with Crippen molar-refractivity contribution in [2.24, 2.45) is 0 Å². The van der Waals surface area contributed by atoms with Crippen LogP contribution < -0.4 is 9.47 Å². The molecular weight excluding hydrogens is 326 g/mol. The number of ether oxygens (including phenoxy) is 2. The van der Waals surface area contributed by atoms with Gasteiger partial charge < -0.3 is 14.6 Å². The van der Waals surface area contributed by atoms with Crippen LogP contribution in [-0.2, 0) is 6.61 Å². The Morgan fingerprint density at radius 3 is 2.80 bits per heavy atom. The Balaban J connectivity index is 2.12. The van der Waals surface area contributed by atoms with E-state index in [9.17, 15) is 4.79 Å². The molecule has 1 N–H and O–H groups in total. The van der Waals surface area contributed by atoms with Crippen LogP contribution in [-0.4, -0.2) is 23.2 Å². The van der Waals surface area contributed by atoms with Gasteiger partial charge in [-0.05, 0) is 39.7 Å². The average molecular weight is 338 g/mol. The average Bonchev–Trinajstić information content (AvgIpc) is 2.44. The number of aromatic carboxylic acids is 1. The van der Waals surface area contributed by atoms with Crippen molar-refractivity contribution in [2.45, 2.75) is 6.61 Å². The summed E-state index contributed by atoms with van der Waals surface area (Å²) >= 11 is 3.31. The first-order chi connectivity index (χ1) is 9.60. The van der Waals surface area contributed by atoms with Gasteiger partial charge in [0.05, 0.1) is 13.3 Å². The topological polar surface area (TPSA) is 68.7 Å². The minimum absolute atomic E-state index is 0.125. The van der Waals surface area contributed by atoms with Gasteiger partial charge in [-0.15, -0.1) is 0 Å². The molecule has 0 aliphatic heterocycles. The zero-order valence-electron chi connectivity index (χ0n) is 10.7. The minimum Gasteiger partial charge on any atom is -0.496 e. The van der Waals surface area contributed by atoms with E-state index in [-0.39, 0.29) is 5.56 Å². The van der Waals surface area contributed by atoms with E-state index in [0.717, 1.165) is 10.0 Å². The van der Waals surface area contributed by atoms with Gasteiger partial charge in [0.25, 0.3) is 0 Å². The Kier molecular flexibility index (Phi) is 4.57. The number of benzene rings is 1. The van der Waals surface area contributed by atoms with Crippen LogP contribution in [0.3, 0.4) is 0 Å². The molecule has 0 aliphatic rings. The highest BCUT2D eigenvalue weighted by molar-refractivity contribution is 9.10. The molecule has 0 unspecified atom stereocenters. The fourth-order valence-electron chi connectivity index (χ4n) is 1.64. The van der Waals surface area contributed by atoms with Crippen LogP contribution in [0.2, 0.25) is 0 Å². The van der Waals surface area contributed by atoms with E-state index in [1.165, 1.54) is 13.2 Å². The lowest BCUT2D eigenvalue weighted by atomic mass is 10.1. The van der Waals surface area contributed by atoms with E-state index in [1.807, 2.05) is 0 Å². The number of rotatable bonds is 5. The van der Waals surface area contributed by atoms with Crippen LogP contribution in [0.25, 0.3) is 0 Å². The third-order valence-electron chi connectivity index (χ3n) is 2.58. The van der Waals surface area contributed by atoms with E-state index in [1.54, 1.807) is 30.6 Å². The van der Waals surface area contributed by atoms with Gasteiger partial charge in [-0.2, -0.15) is 0 Å². The smallest absolute Gasteiger partial charge is 0.339 e. The molecule has 0 saturated carbocycles. The van der Waals surface area contributed by atoms with Crippen molar-refractivity contribution in [3.05, 3.63) is 52.3 Å². The molecule has 1 aromatic carbocycles. The molecule has 1 aromatic heterocycles. The van der Waals surface area contributed by atoms with Crippen molar-refractivity contribution in [1.29, 1.82) is 0 Å². The largest absolute Gasteiger partial charge is 0.496 e. The summed E-state index contributed by atoms with van der Waals surface area (Å²) in [5, 5.41) is 9.00. The van der Waals surface area contributed by atoms with Gasteiger partial charge in [0.1, 0.15) is 23.7 Å². The molecule has 6 heteroatoms. The molecule has 0 radical (unpaired) electrons. The van der Waals surface area contributed by atoms with Crippen LogP contribution in [0, 0.1) is 0 Å². The van der Waals surface area contributed by atoms with Crippen molar-refractivity contribution < 1.29 is 19.4 Å². The number of halogens is 1. The Labute approximate surface area is 124 Å². The molecule has 0 atom stereocenters. The lowest BCUT2D eigenvalue weighted by molar-refractivity contribution is 0.0693. The van der Waals surface area contributed by atoms with E-state index in [4.69, 9.17) is 14.6 Å². The summed E-state index contributed by atoms with van der Waals surface area (Å²) in [7, 11) is 1.44. The second-order valence-corrected chi connectivity index (χ2v) is 4.88. The Bertz CT molecular complexity index is 630. The first-order valence-corrected chi connectivity index (χ1v) is 6.53. The third-order valence-corrected chi connectivity index (χ3v) is 3.02. The van der Waals surface area contributed by atoms with E-state index < -0.39 is 5.97 Å². The van der Waals surface area contributed by atoms with Gasteiger partial charge in [0.15, 0.2) is 0 Å². The number of carboxylic acids is 1. The summed E-state index contributed by atoms with van der Waals surface area (Å²) in [5.74, 6) is -0.0860. The molecule has 2 rings (SSSR count). The number of carbonyl (C=O) groups is 1. The van der Waals surface area contributed by atoms with Crippen LogP contribution in [0.5, 0.6) is 11.5 Å². The number of aromatic nitrogens is 1. The van der Waals surface area contributed by atoms with Crippen molar-refractivity contribution in [2.75, 3.05) is 7.11 Å². The third kappa shape index (κ3) is 3.48. The highest BCUT2D eigenvalue weighted by Gasteiger charge is 2.11. The zero-order chi connectivity index (χ0) is 14.5. The number of hydrogen-bond donors (Lipinski definition) is 1. The van der Waals surface area contributed by atoms with Gasteiger partial charge in [0, 0.05) is 10.7 Å². The summed E-state index contributed by atoms with van der Waals surface area (Å²) in [6, 6.07) is 6.64. The monoisotopic (exact) mass is 337 g/mol. The molecule has 5 nitrogen and oxygen atoms in total. The van der Waals surface area contributed by atoms with Gasteiger partial charge in [-0.1, -0.05) is 6.07 Å². The van der Waals surface area contributed by atoms with Crippen LogP contribution >= 0.6 is 15.9 Å². The summed E-state index contributed by atoms with van der Waals surface area (Å²) in [6.45, 7) is 0.300. The molecular formula is C14H12BrNO4. The first-order valence-electron chi connectivity index (χ1n) is 5.73. The normalized spacial score (nSPS) is 10.1. The quantitative estimate of drug-likeness (QED) is 0.907. The van der Waals surface area contributed by atoms with Crippen LogP contribution in [0.4, 0.5) is 0 Å². The van der Waals surface area contributed by atoms with Crippen molar-refractivity contribution >= 4 is 21.9 Å². The molecule has 104 valence electrons. The maximum atomic E-state index is 11.0. The maximum Gasteiger partial charge on any atom is 0.339 e. The van der Waals surface area contributed by atoms with Gasteiger partial charge in [-0.25, -0.2) is 4.79 Å². The van der Waals surface area contributed by atoms with E-state index in [2.05, 4.69) is 20.9 Å². The summed E-state index contributed by atoms with van der Waals surface area (Å²) < 4.78 is 11.5. The number of hydrogen-bond acceptors (Lipinski definition) is 4. The zero-order valence-corrected chi connectivity index (χ0v) is 12.3. The second-order valence-electron chi connectivity index (χ2n) is 3.97. The van der Waals surface area contributed by atoms with Crippen molar-refractivity contribution in [3.8, 4) is 11.5 Å². The Morgan fingerprint density at radius 2 is 2.15 bits per heavy atom. The maximum absolute atomic E-state index is 11.0. The van der Waals surface area contributed by atoms with Crippen LogP contribution in [0.15, 0.2) is 41.1 Å². The molecule has 1 heterocycles.